The summed E-state index contributed by atoms with van der Waals surface area (Å²) in [6, 6.07) is 8.25. The highest BCUT2D eigenvalue weighted by molar-refractivity contribution is 5.28. The Hall–Kier alpha value is -1.06. The molecule has 3 nitrogen and oxygen atoms in total. The number of hydrogen-bond acceptors (Lipinski definition) is 3. The molecule has 1 aromatic rings. The molecule has 0 radical (unpaired) electrons. The van der Waals surface area contributed by atoms with Crippen LogP contribution in [0.3, 0.4) is 0 Å². The van der Waals surface area contributed by atoms with Crippen LogP contribution in [0.5, 0.6) is 5.75 Å². The van der Waals surface area contributed by atoms with E-state index in [-0.39, 0.29) is 6.29 Å². The Morgan fingerprint density at radius 1 is 0.793 bits per heavy atom. The van der Waals surface area contributed by atoms with E-state index in [1.165, 1.54) is 64.2 Å². The molecule has 0 bridgehead atoms. The molecule has 2 aliphatic rings. The predicted molar refractivity (Wildman–Crippen MR) is 119 cm³/mol. The second kappa shape index (κ2) is 12.6. The number of hydrogen-bond donors (Lipinski definition) is 0. The summed E-state index contributed by atoms with van der Waals surface area (Å²) in [5.41, 5.74) is 1.09. The lowest BCUT2D eigenvalue weighted by molar-refractivity contribution is -0.205. The molecule has 1 aliphatic carbocycles. The van der Waals surface area contributed by atoms with Gasteiger partial charge in [0.1, 0.15) is 5.75 Å². The quantitative estimate of drug-likeness (QED) is 0.363. The summed E-state index contributed by atoms with van der Waals surface area (Å²) in [5.74, 6) is 3.43. The van der Waals surface area contributed by atoms with Crippen LogP contribution >= 0.6 is 0 Å². The second-order valence-corrected chi connectivity index (χ2v) is 9.22. The molecule has 1 heterocycles. The van der Waals surface area contributed by atoms with E-state index in [9.17, 15) is 0 Å². The van der Waals surface area contributed by atoms with E-state index in [0.717, 1.165) is 49.4 Å². The smallest absolute Gasteiger partial charge is 0.183 e. The Morgan fingerprint density at radius 2 is 1.41 bits per heavy atom. The first-order valence-electron chi connectivity index (χ1n) is 12.2. The predicted octanol–water partition coefficient (Wildman–Crippen LogP) is 7.30. The minimum Gasteiger partial charge on any atom is -0.494 e. The Labute approximate surface area is 178 Å². The maximum Gasteiger partial charge on any atom is 0.183 e. The van der Waals surface area contributed by atoms with Crippen molar-refractivity contribution < 1.29 is 14.2 Å². The van der Waals surface area contributed by atoms with Gasteiger partial charge in [-0.3, -0.25) is 0 Å². The molecular weight excluding hydrogens is 360 g/mol. The lowest BCUT2D eigenvalue weighted by atomic mass is 9.78. The lowest BCUT2D eigenvalue weighted by Crippen LogP contribution is -2.26. The van der Waals surface area contributed by atoms with Gasteiger partial charge in [-0.05, 0) is 43.2 Å². The Morgan fingerprint density at radius 3 is 2.00 bits per heavy atom. The van der Waals surface area contributed by atoms with Crippen LogP contribution in [0.1, 0.15) is 96.3 Å². The van der Waals surface area contributed by atoms with Crippen molar-refractivity contribution in [3.8, 4) is 5.75 Å². The zero-order valence-electron chi connectivity index (χ0n) is 18.7. The SMILES string of the molecule is CCCCC[C@H]1CC[C@H](CCCOc2ccc([C@H]3OC[C@H](CC)CO3)cc2)CC1. The van der Waals surface area contributed by atoms with Crippen LogP contribution in [0.4, 0.5) is 0 Å². The molecule has 2 fully saturated rings. The summed E-state index contributed by atoms with van der Waals surface area (Å²) in [4.78, 5) is 0. The average Bonchev–Trinajstić information content (AvgIpc) is 2.78. The van der Waals surface area contributed by atoms with E-state index in [1.807, 2.05) is 0 Å². The molecular formula is C26H42O3. The molecule has 3 rings (SSSR count). The van der Waals surface area contributed by atoms with Gasteiger partial charge in [-0.1, -0.05) is 77.3 Å². The van der Waals surface area contributed by atoms with E-state index in [2.05, 4.69) is 38.1 Å². The van der Waals surface area contributed by atoms with Gasteiger partial charge in [0.05, 0.1) is 19.8 Å². The van der Waals surface area contributed by atoms with Gasteiger partial charge in [-0.25, -0.2) is 0 Å². The maximum absolute atomic E-state index is 5.98. The number of unbranched alkanes of at least 4 members (excludes halogenated alkanes) is 2. The molecule has 1 saturated heterocycles. The van der Waals surface area contributed by atoms with Crippen LogP contribution in [0.2, 0.25) is 0 Å². The standard InChI is InChI=1S/C26H42O3/c1-3-5-6-8-22-10-12-23(13-11-22)9-7-18-27-25-16-14-24(15-17-25)26-28-19-21(4-2)20-29-26/h14-17,21-23,26H,3-13,18-20H2,1-2H3/t21-,22-,23-,26-. The highest BCUT2D eigenvalue weighted by Gasteiger charge is 2.22. The zero-order chi connectivity index (χ0) is 20.3. The van der Waals surface area contributed by atoms with Crippen LogP contribution in [-0.4, -0.2) is 19.8 Å². The van der Waals surface area contributed by atoms with E-state index in [0.29, 0.717) is 5.92 Å². The zero-order valence-corrected chi connectivity index (χ0v) is 18.7. The molecule has 0 atom stereocenters. The lowest BCUT2D eigenvalue weighted by Gasteiger charge is -2.29. The summed E-state index contributed by atoms with van der Waals surface area (Å²) in [5, 5.41) is 0. The highest BCUT2D eigenvalue weighted by atomic mass is 16.7. The van der Waals surface area contributed by atoms with Crippen molar-refractivity contribution in [3.63, 3.8) is 0 Å². The van der Waals surface area contributed by atoms with Crippen molar-refractivity contribution in [1.29, 1.82) is 0 Å². The summed E-state index contributed by atoms with van der Waals surface area (Å²) >= 11 is 0. The Bertz CT molecular complexity index is 540. The molecule has 0 aromatic heterocycles. The normalized spacial score (nSPS) is 27.7. The molecule has 0 N–H and O–H groups in total. The molecule has 29 heavy (non-hydrogen) atoms. The van der Waals surface area contributed by atoms with Crippen molar-refractivity contribution in [2.45, 2.75) is 90.8 Å². The van der Waals surface area contributed by atoms with Gasteiger partial charge in [0.25, 0.3) is 0 Å². The monoisotopic (exact) mass is 402 g/mol. The molecule has 1 aliphatic heterocycles. The maximum atomic E-state index is 5.98. The van der Waals surface area contributed by atoms with Gasteiger partial charge in [0.2, 0.25) is 0 Å². The van der Waals surface area contributed by atoms with Gasteiger partial charge in [0.15, 0.2) is 6.29 Å². The third-order valence-corrected chi connectivity index (χ3v) is 6.90. The van der Waals surface area contributed by atoms with Crippen LogP contribution in [-0.2, 0) is 9.47 Å². The first-order chi connectivity index (χ1) is 14.3. The van der Waals surface area contributed by atoms with Crippen molar-refractivity contribution in [2.24, 2.45) is 17.8 Å². The van der Waals surface area contributed by atoms with E-state index in [4.69, 9.17) is 14.2 Å². The van der Waals surface area contributed by atoms with Crippen LogP contribution in [0, 0.1) is 17.8 Å². The summed E-state index contributed by atoms with van der Waals surface area (Å²) in [6.45, 7) is 6.89. The fourth-order valence-electron chi connectivity index (χ4n) is 4.75. The molecule has 1 saturated carbocycles. The molecule has 164 valence electrons. The Kier molecular flexibility index (Phi) is 9.82. The topological polar surface area (TPSA) is 27.7 Å². The molecule has 0 unspecified atom stereocenters. The van der Waals surface area contributed by atoms with E-state index >= 15 is 0 Å². The second-order valence-electron chi connectivity index (χ2n) is 9.22. The summed E-state index contributed by atoms with van der Waals surface area (Å²) < 4.78 is 17.7. The first kappa shape index (κ1) is 22.6. The van der Waals surface area contributed by atoms with Gasteiger partial charge in [-0.15, -0.1) is 0 Å². The Balaban J connectivity index is 1.27. The van der Waals surface area contributed by atoms with Crippen molar-refractivity contribution in [2.75, 3.05) is 19.8 Å². The summed E-state index contributed by atoms with van der Waals surface area (Å²) in [7, 11) is 0. The van der Waals surface area contributed by atoms with Gasteiger partial charge in [0, 0.05) is 11.5 Å². The van der Waals surface area contributed by atoms with Crippen LogP contribution in [0.25, 0.3) is 0 Å². The molecule has 0 spiro atoms. The van der Waals surface area contributed by atoms with Crippen molar-refractivity contribution in [3.05, 3.63) is 29.8 Å². The van der Waals surface area contributed by atoms with Crippen molar-refractivity contribution in [1.82, 2.24) is 0 Å². The van der Waals surface area contributed by atoms with Crippen LogP contribution < -0.4 is 4.74 Å². The number of ether oxygens (including phenoxy) is 3. The third kappa shape index (κ3) is 7.61. The number of benzene rings is 1. The third-order valence-electron chi connectivity index (χ3n) is 6.90. The number of rotatable bonds is 11. The van der Waals surface area contributed by atoms with Gasteiger partial charge < -0.3 is 14.2 Å². The minimum atomic E-state index is -0.219. The largest absolute Gasteiger partial charge is 0.494 e. The molecule has 3 heteroatoms. The fraction of sp³-hybridized carbons (Fsp3) is 0.769. The summed E-state index contributed by atoms with van der Waals surface area (Å²) in [6.07, 6.45) is 14.8. The van der Waals surface area contributed by atoms with E-state index in [1.54, 1.807) is 0 Å². The average molecular weight is 403 g/mol. The molecule has 0 amide bonds. The fourth-order valence-corrected chi connectivity index (χ4v) is 4.75. The first-order valence-corrected chi connectivity index (χ1v) is 12.2. The van der Waals surface area contributed by atoms with Crippen LogP contribution in [0.15, 0.2) is 24.3 Å². The highest BCUT2D eigenvalue weighted by Crippen LogP contribution is 2.34. The minimum absolute atomic E-state index is 0.219. The molecule has 1 aromatic carbocycles. The van der Waals surface area contributed by atoms with Gasteiger partial charge >= 0.3 is 0 Å². The van der Waals surface area contributed by atoms with Gasteiger partial charge in [-0.2, -0.15) is 0 Å². The van der Waals surface area contributed by atoms with Crippen molar-refractivity contribution >= 4 is 0 Å². The van der Waals surface area contributed by atoms with E-state index < -0.39 is 0 Å².